The quantitative estimate of drug-likeness (QED) is 0.162. The van der Waals surface area contributed by atoms with Crippen LogP contribution in [0.2, 0.25) is 0 Å². The number of oxime groups is 1. The summed E-state index contributed by atoms with van der Waals surface area (Å²) in [7, 11) is -4.03. The molecule has 5 N–H and O–H groups in total. The highest BCUT2D eigenvalue weighted by atomic mass is 35.5. The van der Waals surface area contributed by atoms with E-state index in [-0.39, 0.29) is 12.5 Å². The highest BCUT2D eigenvalue weighted by Crippen LogP contribution is 2.16. The maximum absolute atomic E-state index is 11.6. The number of hydrogen-bond acceptors (Lipinski definition) is 9. The largest absolute Gasteiger partial charge is 0.389 e. The third-order valence-electron chi connectivity index (χ3n) is 2.90. The first-order valence-electron chi connectivity index (χ1n) is 6.78. The SMILES string of the molecule is NS(=O)(=O)[C@H]1NC(=O)[C@H]1NC(=O)C=NOCc1csc(NC(=O)CCl)n1. The third-order valence-corrected chi connectivity index (χ3v) is 5.05. The number of carbonyl (C=O) groups is 3. The predicted molar refractivity (Wildman–Crippen MR) is 91.7 cm³/mol. The van der Waals surface area contributed by atoms with Crippen LogP contribution in [0.4, 0.5) is 5.13 Å². The Morgan fingerprint density at radius 2 is 2.27 bits per heavy atom. The summed E-state index contributed by atoms with van der Waals surface area (Å²) in [5.41, 5.74) is 0.449. The number of halogens is 1. The van der Waals surface area contributed by atoms with Crippen molar-refractivity contribution in [3.8, 4) is 0 Å². The molecule has 1 aromatic rings. The van der Waals surface area contributed by atoms with E-state index in [1.54, 1.807) is 5.38 Å². The van der Waals surface area contributed by atoms with E-state index in [0.717, 1.165) is 17.6 Å². The fourth-order valence-electron chi connectivity index (χ4n) is 1.73. The smallest absolute Gasteiger partial charge is 0.266 e. The van der Waals surface area contributed by atoms with Crippen molar-refractivity contribution < 1.29 is 27.6 Å². The molecule has 0 aliphatic carbocycles. The van der Waals surface area contributed by atoms with Crippen molar-refractivity contribution in [2.45, 2.75) is 18.0 Å². The van der Waals surface area contributed by atoms with Crippen LogP contribution in [0.1, 0.15) is 5.69 Å². The fourth-order valence-corrected chi connectivity index (χ4v) is 3.36. The van der Waals surface area contributed by atoms with Gasteiger partial charge in [-0.1, -0.05) is 5.16 Å². The van der Waals surface area contributed by atoms with E-state index in [0.29, 0.717) is 10.8 Å². The van der Waals surface area contributed by atoms with Gasteiger partial charge in [0.05, 0.1) is 5.69 Å². The minimum absolute atomic E-state index is 0.0826. The van der Waals surface area contributed by atoms with Gasteiger partial charge in [0.25, 0.3) is 5.91 Å². The van der Waals surface area contributed by atoms with Gasteiger partial charge < -0.3 is 20.8 Å². The summed E-state index contributed by atoms with van der Waals surface area (Å²) < 4.78 is 22.3. The molecule has 1 aromatic heterocycles. The molecular formula is C11H13ClN6O6S2. The molecular weight excluding hydrogens is 412 g/mol. The molecule has 3 amide bonds. The van der Waals surface area contributed by atoms with Crippen molar-refractivity contribution in [1.82, 2.24) is 15.6 Å². The van der Waals surface area contributed by atoms with Crippen molar-refractivity contribution >= 4 is 62.0 Å². The number of nitrogens with zero attached hydrogens (tertiary/aromatic N) is 2. The topological polar surface area (TPSA) is 182 Å². The number of amides is 3. The van der Waals surface area contributed by atoms with Crippen molar-refractivity contribution in [2.24, 2.45) is 10.3 Å². The lowest BCUT2D eigenvalue weighted by molar-refractivity contribution is -0.132. The van der Waals surface area contributed by atoms with E-state index < -0.39 is 39.2 Å². The summed E-state index contributed by atoms with van der Waals surface area (Å²) in [6.45, 7) is -0.0826. The molecule has 2 rings (SSSR count). The number of alkyl halides is 1. The van der Waals surface area contributed by atoms with Crippen LogP contribution in [0.15, 0.2) is 10.5 Å². The molecule has 2 atom stereocenters. The predicted octanol–water partition coefficient (Wildman–Crippen LogP) is -1.95. The molecule has 1 saturated heterocycles. The molecule has 0 radical (unpaired) electrons. The van der Waals surface area contributed by atoms with Crippen molar-refractivity contribution in [3.05, 3.63) is 11.1 Å². The second kappa shape index (κ2) is 8.39. The molecule has 0 saturated carbocycles. The second-order valence-corrected chi connectivity index (χ2v) is 7.65. The Morgan fingerprint density at radius 1 is 1.54 bits per heavy atom. The highest BCUT2D eigenvalue weighted by molar-refractivity contribution is 7.90. The highest BCUT2D eigenvalue weighted by Gasteiger charge is 2.47. The number of thiazole rings is 1. The van der Waals surface area contributed by atoms with Gasteiger partial charge in [-0.3, -0.25) is 14.4 Å². The van der Waals surface area contributed by atoms with Crippen LogP contribution in [0.25, 0.3) is 0 Å². The Hall–Kier alpha value is -2.29. The Kier molecular flexibility index (Phi) is 6.47. The Labute approximate surface area is 156 Å². The molecule has 2 heterocycles. The van der Waals surface area contributed by atoms with Gasteiger partial charge in [0, 0.05) is 5.38 Å². The number of aromatic nitrogens is 1. The van der Waals surface area contributed by atoms with Crippen LogP contribution in [0.5, 0.6) is 0 Å². The number of carbonyl (C=O) groups excluding carboxylic acids is 3. The number of primary sulfonamides is 1. The monoisotopic (exact) mass is 424 g/mol. The van der Waals surface area contributed by atoms with E-state index in [1.807, 2.05) is 0 Å². The summed E-state index contributed by atoms with van der Waals surface area (Å²) in [6, 6.07) is -1.30. The first kappa shape index (κ1) is 20.0. The van der Waals surface area contributed by atoms with Gasteiger partial charge in [-0.2, -0.15) is 0 Å². The zero-order valence-electron chi connectivity index (χ0n) is 12.8. The second-order valence-electron chi connectivity index (χ2n) is 4.84. The molecule has 1 fully saturated rings. The molecule has 0 bridgehead atoms. The van der Waals surface area contributed by atoms with E-state index in [4.69, 9.17) is 21.6 Å². The van der Waals surface area contributed by atoms with Gasteiger partial charge in [0.1, 0.15) is 18.1 Å². The first-order valence-corrected chi connectivity index (χ1v) is 9.81. The summed E-state index contributed by atoms with van der Waals surface area (Å²) >= 11 is 6.51. The molecule has 0 aromatic carbocycles. The van der Waals surface area contributed by atoms with Crippen LogP contribution >= 0.6 is 22.9 Å². The molecule has 12 nitrogen and oxygen atoms in total. The van der Waals surface area contributed by atoms with Gasteiger partial charge in [0.15, 0.2) is 17.1 Å². The van der Waals surface area contributed by atoms with Crippen LogP contribution in [-0.2, 0) is 35.9 Å². The zero-order chi connectivity index (χ0) is 19.3. The zero-order valence-corrected chi connectivity index (χ0v) is 15.2. The number of rotatable bonds is 8. The van der Waals surface area contributed by atoms with Gasteiger partial charge in [-0.15, -0.1) is 22.9 Å². The fraction of sp³-hybridized carbons (Fsp3) is 0.364. The molecule has 0 unspecified atom stereocenters. The molecule has 142 valence electrons. The van der Waals surface area contributed by atoms with E-state index in [9.17, 15) is 22.8 Å². The molecule has 26 heavy (non-hydrogen) atoms. The lowest BCUT2D eigenvalue weighted by Crippen LogP contribution is -2.72. The number of nitrogens with one attached hydrogen (secondary N) is 3. The van der Waals surface area contributed by atoms with Crippen molar-refractivity contribution in [2.75, 3.05) is 11.2 Å². The maximum atomic E-state index is 11.6. The molecule has 1 aliphatic heterocycles. The van der Waals surface area contributed by atoms with Gasteiger partial charge in [-0.25, -0.2) is 18.5 Å². The van der Waals surface area contributed by atoms with Gasteiger partial charge in [0.2, 0.25) is 21.8 Å². The van der Waals surface area contributed by atoms with E-state index in [1.165, 1.54) is 0 Å². The van der Waals surface area contributed by atoms with E-state index >= 15 is 0 Å². The standard InChI is InChI=1S/C11H13ClN6O6S2/c12-1-6(19)17-11-15-5(4-25-11)3-24-14-2-7(20)16-8-9(21)18-10(8)26(13,22)23/h2,4,8,10H,1,3H2,(H,16,20)(H,18,21)(H2,13,22,23)(H,15,17,19)/t8-,10-/m1/s1. The average molecular weight is 425 g/mol. The number of β-lactam (4-membered cyclic amide) rings is 1. The van der Waals surface area contributed by atoms with Crippen LogP contribution in [-0.4, -0.2) is 54.6 Å². The first-order chi connectivity index (χ1) is 12.2. The Balaban J connectivity index is 1.77. The molecule has 0 spiro atoms. The number of sulfonamides is 1. The maximum Gasteiger partial charge on any atom is 0.266 e. The lowest BCUT2D eigenvalue weighted by Gasteiger charge is -2.34. The lowest BCUT2D eigenvalue weighted by atomic mass is 10.1. The minimum atomic E-state index is -4.03. The Morgan fingerprint density at radius 3 is 2.88 bits per heavy atom. The average Bonchev–Trinajstić information content (AvgIpc) is 3.00. The summed E-state index contributed by atoms with van der Waals surface area (Å²) in [5, 5.41) is 15.5. The summed E-state index contributed by atoms with van der Waals surface area (Å²) in [5.74, 6) is -2.12. The molecule has 15 heteroatoms. The molecule has 1 aliphatic rings. The van der Waals surface area contributed by atoms with Crippen molar-refractivity contribution in [3.63, 3.8) is 0 Å². The van der Waals surface area contributed by atoms with Gasteiger partial charge >= 0.3 is 0 Å². The van der Waals surface area contributed by atoms with Gasteiger partial charge in [-0.05, 0) is 0 Å². The van der Waals surface area contributed by atoms with Crippen LogP contribution < -0.4 is 21.1 Å². The Bertz CT molecular complexity index is 840. The summed E-state index contributed by atoms with van der Waals surface area (Å²) in [4.78, 5) is 42.9. The normalized spacial score (nSPS) is 19.5. The number of anilines is 1. The summed E-state index contributed by atoms with van der Waals surface area (Å²) in [6.07, 6.45) is 0.731. The minimum Gasteiger partial charge on any atom is -0.389 e. The van der Waals surface area contributed by atoms with E-state index in [2.05, 4.69) is 26.1 Å². The number of nitrogens with two attached hydrogens (primary N) is 1. The third kappa shape index (κ3) is 5.35. The van der Waals surface area contributed by atoms with Crippen LogP contribution in [0, 0.1) is 0 Å². The van der Waals surface area contributed by atoms with Crippen LogP contribution in [0.3, 0.4) is 0 Å². The number of hydrogen-bond donors (Lipinski definition) is 4. The van der Waals surface area contributed by atoms with Crippen molar-refractivity contribution in [1.29, 1.82) is 0 Å².